The van der Waals surface area contributed by atoms with E-state index in [9.17, 15) is 4.79 Å². The van der Waals surface area contributed by atoms with Crippen LogP contribution in [0.3, 0.4) is 0 Å². The number of hydrogen-bond acceptors (Lipinski definition) is 6. The summed E-state index contributed by atoms with van der Waals surface area (Å²) in [5, 5.41) is 15.2. The van der Waals surface area contributed by atoms with E-state index in [1.165, 1.54) is 12.3 Å². The molecule has 1 fully saturated rings. The Balaban J connectivity index is 1.83. The van der Waals surface area contributed by atoms with Gasteiger partial charge in [0.2, 0.25) is 0 Å². The fraction of sp³-hybridized carbons (Fsp3) is 0.250. The molecule has 0 bridgehead atoms. The van der Waals surface area contributed by atoms with E-state index in [0.717, 1.165) is 12.8 Å². The quantitative estimate of drug-likeness (QED) is 0.873. The molecular weight excluding hydrogens is 246 g/mol. The highest BCUT2D eigenvalue weighted by Crippen LogP contribution is 2.20. The standard InChI is InChI=1S/C12H9N5O2/c13-6-9-5-7(3-4-14-9)12-16-10(17-19-12)11(18)15-8-1-2-8/h3-5,8H,1-2H2,(H,15,18). The average molecular weight is 255 g/mol. The van der Waals surface area contributed by atoms with Gasteiger partial charge in [0.1, 0.15) is 11.8 Å². The molecular formula is C12H9N5O2. The molecule has 0 aromatic carbocycles. The van der Waals surface area contributed by atoms with Gasteiger partial charge in [-0.2, -0.15) is 10.2 Å². The zero-order valence-corrected chi connectivity index (χ0v) is 9.83. The van der Waals surface area contributed by atoms with E-state index < -0.39 is 0 Å². The van der Waals surface area contributed by atoms with Crippen molar-refractivity contribution in [2.75, 3.05) is 0 Å². The second-order valence-corrected chi connectivity index (χ2v) is 4.21. The van der Waals surface area contributed by atoms with Crippen LogP contribution in [-0.4, -0.2) is 27.1 Å². The van der Waals surface area contributed by atoms with Crippen LogP contribution in [0, 0.1) is 11.3 Å². The van der Waals surface area contributed by atoms with Gasteiger partial charge in [-0.25, -0.2) is 4.98 Å². The zero-order valence-electron chi connectivity index (χ0n) is 9.83. The molecule has 0 aliphatic heterocycles. The topological polar surface area (TPSA) is 105 Å². The SMILES string of the molecule is N#Cc1cc(-c2nc(C(=O)NC3CC3)no2)ccn1. The Hall–Kier alpha value is -2.75. The number of carbonyl (C=O) groups excluding carboxylic acids is 1. The summed E-state index contributed by atoms with van der Waals surface area (Å²) < 4.78 is 5.01. The Morgan fingerprint density at radius 3 is 3.11 bits per heavy atom. The lowest BCUT2D eigenvalue weighted by Gasteiger charge is -1.96. The molecule has 0 spiro atoms. The van der Waals surface area contributed by atoms with Crippen molar-refractivity contribution < 1.29 is 9.32 Å². The van der Waals surface area contributed by atoms with Crippen molar-refractivity contribution in [1.29, 1.82) is 5.26 Å². The second kappa shape index (κ2) is 4.49. The van der Waals surface area contributed by atoms with E-state index in [1.54, 1.807) is 6.07 Å². The zero-order chi connectivity index (χ0) is 13.2. The van der Waals surface area contributed by atoms with Crippen molar-refractivity contribution >= 4 is 5.91 Å². The predicted molar refractivity (Wildman–Crippen MR) is 62.7 cm³/mol. The van der Waals surface area contributed by atoms with Crippen LogP contribution in [0.15, 0.2) is 22.9 Å². The highest BCUT2D eigenvalue weighted by molar-refractivity contribution is 5.91. The summed E-state index contributed by atoms with van der Waals surface area (Å²) in [5.41, 5.74) is 0.809. The molecule has 94 valence electrons. The van der Waals surface area contributed by atoms with Crippen molar-refractivity contribution in [1.82, 2.24) is 20.4 Å². The highest BCUT2D eigenvalue weighted by Gasteiger charge is 2.26. The molecule has 1 aliphatic rings. The molecule has 1 aliphatic carbocycles. The van der Waals surface area contributed by atoms with E-state index in [1.807, 2.05) is 6.07 Å². The molecule has 19 heavy (non-hydrogen) atoms. The Morgan fingerprint density at radius 1 is 1.53 bits per heavy atom. The monoisotopic (exact) mass is 255 g/mol. The molecule has 7 nitrogen and oxygen atoms in total. The van der Waals surface area contributed by atoms with Crippen LogP contribution in [0.4, 0.5) is 0 Å². The number of hydrogen-bond donors (Lipinski definition) is 1. The predicted octanol–water partition coefficient (Wildman–Crippen LogP) is 0.895. The fourth-order valence-corrected chi connectivity index (χ4v) is 1.54. The van der Waals surface area contributed by atoms with Crippen molar-refractivity contribution in [3.63, 3.8) is 0 Å². The first-order valence-corrected chi connectivity index (χ1v) is 5.77. The van der Waals surface area contributed by atoms with Gasteiger partial charge in [0, 0.05) is 17.8 Å². The summed E-state index contributed by atoms with van der Waals surface area (Å²) >= 11 is 0. The van der Waals surface area contributed by atoms with E-state index >= 15 is 0 Å². The summed E-state index contributed by atoms with van der Waals surface area (Å²) in [4.78, 5) is 19.6. The lowest BCUT2D eigenvalue weighted by molar-refractivity contribution is 0.0937. The van der Waals surface area contributed by atoms with Gasteiger partial charge in [-0.15, -0.1) is 0 Å². The van der Waals surface area contributed by atoms with Crippen molar-refractivity contribution in [2.24, 2.45) is 0 Å². The van der Waals surface area contributed by atoms with Gasteiger partial charge in [0.25, 0.3) is 17.6 Å². The summed E-state index contributed by atoms with van der Waals surface area (Å²) in [6.45, 7) is 0. The third kappa shape index (κ3) is 2.42. The molecule has 1 saturated carbocycles. The van der Waals surface area contributed by atoms with Gasteiger partial charge >= 0.3 is 0 Å². The minimum atomic E-state index is -0.341. The lowest BCUT2D eigenvalue weighted by Crippen LogP contribution is -2.26. The van der Waals surface area contributed by atoms with E-state index in [4.69, 9.17) is 9.78 Å². The molecule has 1 N–H and O–H groups in total. The van der Waals surface area contributed by atoms with Crippen LogP contribution < -0.4 is 5.32 Å². The average Bonchev–Trinajstić information content (AvgIpc) is 3.11. The van der Waals surface area contributed by atoms with Gasteiger partial charge < -0.3 is 9.84 Å². The van der Waals surface area contributed by atoms with E-state index in [2.05, 4.69) is 20.4 Å². The first-order valence-electron chi connectivity index (χ1n) is 5.77. The fourth-order valence-electron chi connectivity index (χ4n) is 1.54. The Morgan fingerprint density at radius 2 is 2.37 bits per heavy atom. The summed E-state index contributed by atoms with van der Waals surface area (Å²) in [5.74, 6) is -0.149. The largest absolute Gasteiger partial charge is 0.346 e. The first-order chi connectivity index (χ1) is 9.26. The van der Waals surface area contributed by atoms with E-state index in [0.29, 0.717) is 5.56 Å². The highest BCUT2D eigenvalue weighted by atomic mass is 16.5. The third-order valence-electron chi connectivity index (χ3n) is 2.66. The summed E-state index contributed by atoms with van der Waals surface area (Å²) in [6.07, 6.45) is 3.46. The van der Waals surface area contributed by atoms with Crippen LogP contribution in [0.2, 0.25) is 0 Å². The molecule has 7 heteroatoms. The number of carbonyl (C=O) groups is 1. The molecule has 2 heterocycles. The number of nitrogens with one attached hydrogen (secondary N) is 1. The summed E-state index contributed by atoms with van der Waals surface area (Å²) in [6, 6.07) is 5.32. The molecule has 0 saturated heterocycles. The maximum Gasteiger partial charge on any atom is 0.292 e. The Labute approximate surface area is 108 Å². The van der Waals surface area contributed by atoms with Gasteiger partial charge in [-0.05, 0) is 25.0 Å². The van der Waals surface area contributed by atoms with Gasteiger partial charge in [-0.1, -0.05) is 5.16 Å². The second-order valence-electron chi connectivity index (χ2n) is 4.21. The molecule has 2 aromatic rings. The number of rotatable bonds is 3. The number of nitrogens with zero attached hydrogens (tertiary/aromatic N) is 4. The number of amides is 1. The van der Waals surface area contributed by atoms with E-state index in [-0.39, 0.29) is 29.4 Å². The lowest BCUT2D eigenvalue weighted by atomic mass is 10.2. The van der Waals surface area contributed by atoms with Crippen LogP contribution in [0.5, 0.6) is 0 Å². The normalized spacial score (nSPS) is 13.8. The maximum absolute atomic E-state index is 11.7. The van der Waals surface area contributed by atoms with Crippen molar-refractivity contribution in [3.8, 4) is 17.5 Å². The molecule has 1 amide bonds. The minimum Gasteiger partial charge on any atom is -0.346 e. The summed E-state index contributed by atoms with van der Waals surface area (Å²) in [7, 11) is 0. The Kier molecular flexibility index (Phi) is 2.68. The molecule has 3 rings (SSSR count). The minimum absolute atomic E-state index is 0.00257. The van der Waals surface area contributed by atoms with Gasteiger partial charge in [-0.3, -0.25) is 4.79 Å². The number of pyridine rings is 1. The van der Waals surface area contributed by atoms with Crippen LogP contribution >= 0.6 is 0 Å². The number of nitriles is 1. The molecule has 2 aromatic heterocycles. The van der Waals surface area contributed by atoms with Crippen molar-refractivity contribution in [3.05, 3.63) is 29.8 Å². The molecule has 0 unspecified atom stereocenters. The maximum atomic E-state index is 11.7. The van der Waals surface area contributed by atoms with Crippen LogP contribution in [0.1, 0.15) is 29.2 Å². The molecule has 0 atom stereocenters. The first kappa shape index (κ1) is 11.3. The Bertz CT molecular complexity index is 669. The van der Waals surface area contributed by atoms with Crippen molar-refractivity contribution in [2.45, 2.75) is 18.9 Å². The van der Waals surface area contributed by atoms with Gasteiger partial charge in [0.15, 0.2) is 0 Å². The van der Waals surface area contributed by atoms with Gasteiger partial charge in [0.05, 0.1) is 0 Å². The smallest absolute Gasteiger partial charge is 0.292 e. The van der Waals surface area contributed by atoms with Crippen LogP contribution in [0.25, 0.3) is 11.5 Å². The number of aromatic nitrogens is 3. The molecule has 0 radical (unpaired) electrons. The third-order valence-corrected chi connectivity index (χ3v) is 2.66. The van der Waals surface area contributed by atoms with Crippen LogP contribution in [-0.2, 0) is 0 Å².